The van der Waals surface area contributed by atoms with E-state index < -0.39 is 0 Å². The summed E-state index contributed by atoms with van der Waals surface area (Å²) in [5.74, 6) is 1.59. The van der Waals surface area contributed by atoms with Gasteiger partial charge in [0.2, 0.25) is 0 Å². The highest BCUT2D eigenvalue weighted by atomic mass is 19.1. The molecule has 1 atom stereocenters. The molecule has 1 unspecified atom stereocenters. The minimum absolute atomic E-state index is 0.0109. The fourth-order valence-corrected chi connectivity index (χ4v) is 3.09. The van der Waals surface area contributed by atoms with Crippen molar-refractivity contribution in [1.82, 2.24) is 4.90 Å². The second-order valence-electron chi connectivity index (χ2n) is 7.30. The fraction of sp³-hybridized carbons (Fsp3) is 0.667. The van der Waals surface area contributed by atoms with Crippen molar-refractivity contribution in [2.75, 3.05) is 19.6 Å². The molecule has 0 heterocycles. The molecule has 2 fully saturated rings. The van der Waals surface area contributed by atoms with Gasteiger partial charge in [-0.05, 0) is 68.6 Å². The zero-order chi connectivity index (χ0) is 14.9. The van der Waals surface area contributed by atoms with E-state index >= 15 is 0 Å². The van der Waals surface area contributed by atoms with Gasteiger partial charge in [0.1, 0.15) is 5.82 Å². The van der Waals surface area contributed by atoms with Gasteiger partial charge in [-0.25, -0.2) is 4.39 Å². The molecule has 2 aliphatic rings. The first-order valence-electron chi connectivity index (χ1n) is 8.28. The summed E-state index contributed by atoms with van der Waals surface area (Å²) < 4.78 is 13.1. The lowest BCUT2D eigenvalue weighted by Crippen LogP contribution is -2.54. The summed E-state index contributed by atoms with van der Waals surface area (Å²) >= 11 is 0. The van der Waals surface area contributed by atoms with E-state index in [1.807, 2.05) is 12.1 Å². The molecule has 2 aliphatic carbocycles. The second kappa shape index (κ2) is 6.05. The van der Waals surface area contributed by atoms with Gasteiger partial charge >= 0.3 is 0 Å². The van der Waals surface area contributed by atoms with Gasteiger partial charge in [-0.15, -0.1) is 0 Å². The molecule has 1 aromatic rings. The normalized spacial score (nSPS) is 21.5. The first-order valence-corrected chi connectivity index (χ1v) is 8.28. The van der Waals surface area contributed by atoms with Crippen LogP contribution in [0.5, 0.6) is 0 Å². The Morgan fingerprint density at radius 1 is 1.10 bits per heavy atom. The maximum Gasteiger partial charge on any atom is 0.123 e. The molecule has 2 saturated carbocycles. The number of benzene rings is 1. The second-order valence-corrected chi connectivity index (χ2v) is 7.30. The van der Waals surface area contributed by atoms with Crippen LogP contribution in [-0.2, 0) is 6.42 Å². The summed E-state index contributed by atoms with van der Waals surface area (Å²) in [7, 11) is 0. The van der Waals surface area contributed by atoms with E-state index in [0.29, 0.717) is 6.54 Å². The molecule has 0 saturated heterocycles. The smallest absolute Gasteiger partial charge is 0.123 e. The monoisotopic (exact) mass is 290 g/mol. The van der Waals surface area contributed by atoms with Crippen LogP contribution in [0.2, 0.25) is 0 Å². The van der Waals surface area contributed by atoms with Crippen LogP contribution in [-0.4, -0.2) is 30.1 Å². The average molecular weight is 290 g/mol. The molecular formula is C18H27FN2. The van der Waals surface area contributed by atoms with Crippen LogP contribution in [0.4, 0.5) is 4.39 Å². The molecule has 0 aliphatic heterocycles. The number of halogens is 1. The average Bonchev–Trinajstić information content (AvgIpc) is 3.36. The Kier molecular flexibility index (Phi) is 4.32. The highest BCUT2D eigenvalue weighted by Crippen LogP contribution is 2.37. The van der Waals surface area contributed by atoms with Gasteiger partial charge < -0.3 is 5.73 Å². The third kappa shape index (κ3) is 4.04. The molecule has 0 radical (unpaired) electrons. The minimum atomic E-state index is -0.166. The summed E-state index contributed by atoms with van der Waals surface area (Å²) in [6, 6.07) is 6.90. The maximum absolute atomic E-state index is 13.1. The predicted octanol–water partition coefficient (Wildman–Crippen LogP) is 3.21. The van der Waals surface area contributed by atoms with Crippen LogP contribution in [0.25, 0.3) is 0 Å². The number of nitrogens with two attached hydrogens (primary N) is 1. The highest BCUT2D eigenvalue weighted by Gasteiger charge is 2.38. The highest BCUT2D eigenvalue weighted by molar-refractivity contribution is 5.19. The van der Waals surface area contributed by atoms with Crippen LogP contribution < -0.4 is 5.73 Å². The van der Waals surface area contributed by atoms with Crippen molar-refractivity contribution in [3.8, 4) is 0 Å². The van der Waals surface area contributed by atoms with Gasteiger partial charge in [-0.3, -0.25) is 4.90 Å². The molecular weight excluding hydrogens is 263 g/mol. The first kappa shape index (κ1) is 15.0. The van der Waals surface area contributed by atoms with Crippen molar-refractivity contribution in [2.24, 2.45) is 17.6 Å². The molecule has 116 valence electrons. The van der Waals surface area contributed by atoms with Crippen LogP contribution in [0.1, 0.15) is 38.2 Å². The van der Waals surface area contributed by atoms with E-state index in [1.54, 1.807) is 12.1 Å². The van der Waals surface area contributed by atoms with E-state index in [0.717, 1.165) is 18.3 Å². The molecule has 21 heavy (non-hydrogen) atoms. The van der Waals surface area contributed by atoms with Gasteiger partial charge in [0.15, 0.2) is 0 Å². The van der Waals surface area contributed by atoms with Gasteiger partial charge in [0.25, 0.3) is 0 Å². The third-order valence-corrected chi connectivity index (χ3v) is 5.05. The van der Waals surface area contributed by atoms with E-state index in [1.165, 1.54) is 44.3 Å². The lowest BCUT2D eigenvalue weighted by atomic mass is 9.90. The zero-order valence-electron chi connectivity index (χ0n) is 13.0. The Hall–Kier alpha value is -0.930. The van der Waals surface area contributed by atoms with E-state index in [-0.39, 0.29) is 11.4 Å². The Morgan fingerprint density at radius 2 is 1.62 bits per heavy atom. The lowest BCUT2D eigenvalue weighted by Gasteiger charge is -2.41. The Bertz CT molecular complexity index is 451. The number of nitrogens with zero attached hydrogens (tertiary/aromatic N) is 1. The Labute approximate surface area is 127 Å². The van der Waals surface area contributed by atoms with Crippen molar-refractivity contribution < 1.29 is 4.39 Å². The molecule has 0 aromatic heterocycles. The molecule has 0 amide bonds. The van der Waals surface area contributed by atoms with E-state index in [9.17, 15) is 4.39 Å². The topological polar surface area (TPSA) is 29.3 Å². The lowest BCUT2D eigenvalue weighted by molar-refractivity contribution is 0.0978. The van der Waals surface area contributed by atoms with Gasteiger partial charge in [-0.2, -0.15) is 0 Å². The minimum Gasteiger partial charge on any atom is -0.329 e. The first-order chi connectivity index (χ1) is 10.1. The predicted molar refractivity (Wildman–Crippen MR) is 84.6 cm³/mol. The Morgan fingerprint density at radius 3 is 2.05 bits per heavy atom. The van der Waals surface area contributed by atoms with Crippen molar-refractivity contribution in [2.45, 2.75) is 44.6 Å². The fourth-order valence-electron chi connectivity index (χ4n) is 3.09. The number of hydrogen-bond acceptors (Lipinski definition) is 2. The molecule has 2 N–H and O–H groups in total. The summed E-state index contributed by atoms with van der Waals surface area (Å²) in [4.78, 5) is 2.63. The van der Waals surface area contributed by atoms with Gasteiger partial charge in [-0.1, -0.05) is 12.1 Å². The molecule has 1 aromatic carbocycles. The van der Waals surface area contributed by atoms with Crippen molar-refractivity contribution >= 4 is 0 Å². The molecule has 3 heteroatoms. The van der Waals surface area contributed by atoms with Crippen LogP contribution in [0, 0.1) is 17.7 Å². The Balaban J connectivity index is 1.72. The van der Waals surface area contributed by atoms with Crippen molar-refractivity contribution in [3.63, 3.8) is 0 Å². The summed E-state index contributed by atoms with van der Waals surface area (Å²) in [6.07, 6.45) is 6.40. The standard InChI is InChI=1S/C18H27FN2/c1-18(13-20,10-14-6-8-17(19)9-7-14)21(11-15-2-3-15)12-16-4-5-16/h6-9,15-16H,2-5,10-13,20H2,1H3. The van der Waals surface area contributed by atoms with E-state index in [2.05, 4.69) is 11.8 Å². The number of hydrogen-bond donors (Lipinski definition) is 1. The third-order valence-electron chi connectivity index (χ3n) is 5.05. The van der Waals surface area contributed by atoms with Crippen LogP contribution in [0.3, 0.4) is 0 Å². The summed E-state index contributed by atoms with van der Waals surface area (Å²) in [5.41, 5.74) is 7.33. The maximum atomic E-state index is 13.1. The van der Waals surface area contributed by atoms with E-state index in [4.69, 9.17) is 5.73 Å². The summed E-state index contributed by atoms with van der Waals surface area (Å²) in [5, 5.41) is 0. The largest absolute Gasteiger partial charge is 0.329 e. The SMILES string of the molecule is CC(CN)(Cc1ccc(F)cc1)N(CC1CC1)CC1CC1. The quantitative estimate of drug-likeness (QED) is 0.796. The molecule has 3 rings (SSSR count). The van der Waals surface area contributed by atoms with Crippen molar-refractivity contribution in [1.29, 1.82) is 0 Å². The molecule has 0 spiro atoms. The zero-order valence-corrected chi connectivity index (χ0v) is 13.0. The van der Waals surface area contributed by atoms with Crippen molar-refractivity contribution in [3.05, 3.63) is 35.6 Å². The van der Waals surface area contributed by atoms with Crippen LogP contribution >= 0.6 is 0 Å². The van der Waals surface area contributed by atoms with Gasteiger partial charge in [0, 0.05) is 25.2 Å². The molecule has 2 nitrogen and oxygen atoms in total. The summed E-state index contributed by atoms with van der Waals surface area (Å²) in [6.45, 7) is 5.31. The molecule has 0 bridgehead atoms. The number of rotatable bonds is 8. The van der Waals surface area contributed by atoms with Gasteiger partial charge in [0.05, 0.1) is 0 Å². The van der Waals surface area contributed by atoms with Crippen LogP contribution in [0.15, 0.2) is 24.3 Å².